The van der Waals surface area contributed by atoms with Crippen molar-refractivity contribution in [1.82, 2.24) is 0 Å². The minimum atomic E-state index is 0.628. The van der Waals surface area contributed by atoms with Crippen molar-refractivity contribution in [3.63, 3.8) is 0 Å². The van der Waals surface area contributed by atoms with Gasteiger partial charge in [-0.3, -0.25) is 0 Å². The van der Waals surface area contributed by atoms with Crippen LogP contribution in [0.3, 0.4) is 0 Å². The summed E-state index contributed by atoms with van der Waals surface area (Å²) in [6.45, 7) is 1.42. The van der Waals surface area contributed by atoms with Crippen LogP contribution in [-0.2, 0) is 9.57 Å². The zero-order valence-corrected chi connectivity index (χ0v) is 5.22. The van der Waals surface area contributed by atoms with Crippen molar-refractivity contribution in [2.75, 3.05) is 20.3 Å². The lowest BCUT2D eigenvalue weighted by Crippen LogP contribution is -2.01. The molecule has 0 radical (unpaired) electrons. The molecule has 0 aliphatic heterocycles. The van der Waals surface area contributed by atoms with E-state index in [1.165, 1.54) is 0 Å². The molecule has 0 bridgehead atoms. The van der Waals surface area contributed by atoms with Crippen LogP contribution < -0.4 is 5.90 Å². The molecule has 0 spiro atoms. The fourth-order valence-electron chi connectivity index (χ4n) is 0.432. The van der Waals surface area contributed by atoms with Gasteiger partial charge in [0.25, 0.3) is 0 Å². The van der Waals surface area contributed by atoms with E-state index in [1.54, 1.807) is 7.11 Å². The van der Waals surface area contributed by atoms with Gasteiger partial charge in [0.15, 0.2) is 0 Å². The summed E-state index contributed by atoms with van der Waals surface area (Å²) < 4.78 is 4.79. The van der Waals surface area contributed by atoms with Crippen molar-refractivity contribution in [2.45, 2.75) is 12.8 Å². The van der Waals surface area contributed by atoms with Gasteiger partial charge < -0.3 is 9.57 Å². The topological polar surface area (TPSA) is 44.5 Å². The predicted molar refractivity (Wildman–Crippen MR) is 31.2 cm³/mol. The van der Waals surface area contributed by atoms with Crippen molar-refractivity contribution in [2.24, 2.45) is 5.90 Å². The van der Waals surface area contributed by atoms with Gasteiger partial charge in [-0.15, -0.1) is 0 Å². The maximum absolute atomic E-state index is 4.79. The summed E-state index contributed by atoms with van der Waals surface area (Å²) in [7, 11) is 1.68. The number of methoxy groups -OCH3 is 1. The molecule has 0 saturated carbocycles. The van der Waals surface area contributed by atoms with E-state index < -0.39 is 0 Å². The first-order chi connectivity index (χ1) is 3.91. The maximum atomic E-state index is 4.79. The van der Waals surface area contributed by atoms with Crippen LogP contribution in [-0.4, -0.2) is 20.3 Å². The molecule has 0 amide bonds. The molecule has 2 N–H and O–H groups in total. The van der Waals surface area contributed by atoms with Crippen LogP contribution in [0.1, 0.15) is 12.8 Å². The molecule has 0 fully saturated rings. The standard InChI is InChI=1S/C5H13NO2/c1-7-4-2-3-5-8-6/h2-6H2,1H3. The number of rotatable bonds is 5. The first-order valence-electron chi connectivity index (χ1n) is 2.72. The summed E-state index contributed by atoms with van der Waals surface area (Å²) in [6.07, 6.45) is 2.00. The quantitative estimate of drug-likeness (QED) is 0.418. The Bertz CT molecular complexity index is 35.4. The van der Waals surface area contributed by atoms with E-state index >= 15 is 0 Å². The SMILES string of the molecule is COCCCCON. The molecule has 0 unspecified atom stereocenters. The highest BCUT2D eigenvalue weighted by Crippen LogP contribution is 1.86. The van der Waals surface area contributed by atoms with E-state index in [9.17, 15) is 0 Å². The van der Waals surface area contributed by atoms with E-state index in [0.717, 1.165) is 19.4 Å². The highest BCUT2D eigenvalue weighted by Gasteiger charge is 1.83. The van der Waals surface area contributed by atoms with Crippen LogP contribution in [0.15, 0.2) is 0 Å². The van der Waals surface area contributed by atoms with Crippen molar-refractivity contribution in [3.05, 3.63) is 0 Å². The Balaban J connectivity index is 2.53. The second kappa shape index (κ2) is 6.88. The number of hydrogen-bond donors (Lipinski definition) is 1. The molecule has 3 heteroatoms. The first-order valence-corrected chi connectivity index (χ1v) is 2.72. The van der Waals surface area contributed by atoms with E-state index in [1.807, 2.05) is 0 Å². The normalized spacial score (nSPS) is 9.75. The van der Waals surface area contributed by atoms with Crippen molar-refractivity contribution in [3.8, 4) is 0 Å². The lowest BCUT2D eigenvalue weighted by molar-refractivity contribution is 0.121. The van der Waals surface area contributed by atoms with Crippen LogP contribution in [0.4, 0.5) is 0 Å². The van der Waals surface area contributed by atoms with Crippen LogP contribution in [0.5, 0.6) is 0 Å². The summed E-state index contributed by atoms with van der Waals surface area (Å²) >= 11 is 0. The van der Waals surface area contributed by atoms with Crippen LogP contribution >= 0.6 is 0 Å². The van der Waals surface area contributed by atoms with Gasteiger partial charge in [-0.1, -0.05) is 0 Å². The Labute approximate surface area is 49.7 Å². The summed E-state index contributed by atoms with van der Waals surface area (Å²) in [5.41, 5.74) is 0. The zero-order chi connectivity index (χ0) is 6.24. The van der Waals surface area contributed by atoms with Gasteiger partial charge in [0.05, 0.1) is 6.61 Å². The first kappa shape index (κ1) is 7.88. The molecule has 0 aliphatic carbocycles. The van der Waals surface area contributed by atoms with Gasteiger partial charge in [0.2, 0.25) is 0 Å². The molecule has 50 valence electrons. The third-order valence-electron chi connectivity index (χ3n) is 0.861. The Morgan fingerprint density at radius 3 is 2.38 bits per heavy atom. The number of ether oxygens (including phenoxy) is 1. The molecule has 0 heterocycles. The predicted octanol–water partition coefficient (Wildman–Crippen LogP) is 0.303. The van der Waals surface area contributed by atoms with Gasteiger partial charge in [-0.2, -0.15) is 0 Å². The minimum absolute atomic E-state index is 0.628. The molecule has 0 aromatic carbocycles. The molecule has 0 saturated heterocycles. The zero-order valence-electron chi connectivity index (χ0n) is 5.22. The molecule has 3 nitrogen and oxygen atoms in total. The van der Waals surface area contributed by atoms with Crippen LogP contribution in [0.25, 0.3) is 0 Å². The second-order valence-corrected chi connectivity index (χ2v) is 1.57. The number of unbranched alkanes of at least 4 members (excludes halogenated alkanes) is 1. The van der Waals surface area contributed by atoms with Gasteiger partial charge in [0, 0.05) is 13.7 Å². The highest BCUT2D eigenvalue weighted by atomic mass is 16.6. The lowest BCUT2D eigenvalue weighted by atomic mass is 10.3. The molecule has 0 rings (SSSR count). The molecular weight excluding hydrogens is 106 g/mol. The second-order valence-electron chi connectivity index (χ2n) is 1.57. The smallest absolute Gasteiger partial charge is 0.0680 e. The summed E-state index contributed by atoms with van der Waals surface area (Å²) in [4.78, 5) is 4.33. The monoisotopic (exact) mass is 119 g/mol. The van der Waals surface area contributed by atoms with E-state index in [2.05, 4.69) is 4.84 Å². The number of nitrogens with two attached hydrogens (primary N) is 1. The molecule has 0 aliphatic rings. The largest absolute Gasteiger partial charge is 0.385 e. The number of hydrogen-bond acceptors (Lipinski definition) is 3. The van der Waals surface area contributed by atoms with Crippen molar-refractivity contribution >= 4 is 0 Å². The molecule has 8 heavy (non-hydrogen) atoms. The third kappa shape index (κ3) is 5.88. The third-order valence-corrected chi connectivity index (χ3v) is 0.861. The minimum Gasteiger partial charge on any atom is -0.385 e. The fraction of sp³-hybridized carbons (Fsp3) is 1.00. The average Bonchev–Trinajstić information content (AvgIpc) is 1.81. The van der Waals surface area contributed by atoms with Gasteiger partial charge in [0.1, 0.15) is 0 Å². The van der Waals surface area contributed by atoms with E-state index in [-0.39, 0.29) is 0 Å². The summed E-state index contributed by atoms with van der Waals surface area (Å²) in [6, 6.07) is 0. The van der Waals surface area contributed by atoms with Crippen LogP contribution in [0, 0.1) is 0 Å². The Kier molecular flexibility index (Phi) is 6.78. The molecule has 0 atom stereocenters. The lowest BCUT2D eigenvalue weighted by Gasteiger charge is -1.95. The Morgan fingerprint density at radius 1 is 1.25 bits per heavy atom. The van der Waals surface area contributed by atoms with E-state index in [0.29, 0.717) is 6.61 Å². The van der Waals surface area contributed by atoms with E-state index in [4.69, 9.17) is 10.6 Å². The summed E-state index contributed by atoms with van der Waals surface area (Å²) in [5.74, 6) is 4.77. The Morgan fingerprint density at radius 2 is 1.88 bits per heavy atom. The van der Waals surface area contributed by atoms with Crippen molar-refractivity contribution in [1.29, 1.82) is 0 Å². The Hall–Kier alpha value is -0.120. The maximum Gasteiger partial charge on any atom is 0.0680 e. The molecule has 0 aromatic rings. The van der Waals surface area contributed by atoms with Crippen molar-refractivity contribution < 1.29 is 9.57 Å². The molecule has 0 aromatic heterocycles. The van der Waals surface area contributed by atoms with Gasteiger partial charge in [-0.25, -0.2) is 5.90 Å². The molecular formula is C5H13NO2. The van der Waals surface area contributed by atoms with Crippen LogP contribution in [0.2, 0.25) is 0 Å². The van der Waals surface area contributed by atoms with Gasteiger partial charge >= 0.3 is 0 Å². The van der Waals surface area contributed by atoms with Gasteiger partial charge in [-0.05, 0) is 12.8 Å². The fourth-order valence-corrected chi connectivity index (χ4v) is 0.432. The highest BCUT2D eigenvalue weighted by molar-refractivity contribution is 4.33. The summed E-state index contributed by atoms with van der Waals surface area (Å²) in [5, 5.41) is 0. The average molecular weight is 119 g/mol.